The van der Waals surface area contributed by atoms with Crippen LogP contribution >= 0.6 is 0 Å². The maximum absolute atomic E-state index is 11.7. The topological polar surface area (TPSA) is 29.5 Å². The predicted octanol–water partition coefficient (Wildman–Crippen LogP) is 1.96. The van der Waals surface area contributed by atoms with E-state index in [1.807, 2.05) is 12.1 Å². The minimum absolute atomic E-state index is 0.254. The maximum Gasteiger partial charge on any atom is 0.139 e. The summed E-state index contributed by atoms with van der Waals surface area (Å²) >= 11 is 0. The van der Waals surface area contributed by atoms with Crippen molar-refractivity contribution in [2.45, 2.75) is 32.3 Å². The number of fused-ring (bicyclic) bond motifs is 3. The molecule has 2 aliphatic rings. The lowest BCUT2D eigenvalue weighted by atomic mass is 10.00. The Bertz CT molecular complexity index is 481. The quantitative estimate of drug-likeness (QED) is 0.683. The van der Waals surface area contributed by atoms with Gasteiger partial charge in [0.2, 0.25) is 0 Å². The Morgan fingerprint density at radius 1 is 1.41 bits per heavy atom. The fourth-order valence-corrected chi connectivity index (χ4v) is 2.84. The summed E-state index contributed by atoms with van der Waals surface area (Å²) in [6.07, 6.45) is 2.43. The van der Waals surface area contributed by atoms with Crippen LogP contribution in [0.1, 0.15) is 24.5 Å². The number of ether oxygens (including phenoxy) is 1. The van der Waals surface area contributed by atoms with E-state index in [4.69, 9.17) is 4.74 Å². The second-order valence-corrected chi connectivity index (χ2v) is 5.07. The van der Waals surface area contributed by atoms with E-state index in [1.54, 1.807) is 0 Å². The molecule has 1 unspecified atom stereocenters. The van der Waals surface area contributed by atoms with Crippen LogP contribution in [0.3, 0.4) is 0 Å². The molecule has 2 aliphatic heterocycles. The van der Waals surface area contributed by atoms with Crippen LogP contribution in [0.25, 0.3) is 0 Å². The third-order valence-corrected chi connectivity index (χ3v) is 3.64. The molecule has 0 radical (unpaired) electrons. The molecule has 0 bridgehead atoms. The highest BCUT2D eigenvalue weighted by atomic mass is 16.5. The Hall–Kier alpha value is -1.51. The third kappa shape index (κ3) is 1.70. The van der Waals surface area contributed by atoms with Gasteiger partial charge in [0.1, 0.15) is 17.6 Å². The number of benzene rings is 1. The fourth-order valence-electron chi connectivity index (χ4n) is 2.84. The Labute approximate surface area is 101 Å². The average Bonchev–Trinajstić information content (AvgIpc) is 2.59. The molecule has 3 rings (SSSR count). The highest BCUT2D eigenvalue weighted by Crippen LogP contribution is 2.39. The van der Waals surface area contributed by atoms with Gasteiger partial charge in [0.15, 0.2) is 0 Å². The molecule has 0 aromatic heterocycles. The van der Waals surface area contributed by atoms with Gasteiger partial charge in [-0.15, -0.1) is 0 Å². The number of hydrogen-bond donors (Lipinski definition) is 0. The molecule has 0 saturated heterocycles. The number of Topliss-reactive ketones (excluding diaryl/α,β-unsaturated/α-hetero) is 1. The summed E-state index contributed by atoms with van der Waals surface area (Å²) in [7, 11) is 2.07. The molecule has 3 nitrogen and oxygen atoms in total. The van der Waals surface area contributed by atoms with Crippen molar-refractivity contribution in [3.05, 3.63) is 23.3 Å². The molecular formula is C14H17NO2. The van der Waals surface area contributed by atoms with Crippen LogP contribution in [0.2, 0.25) is 0 Å². The molecule has 0 aliphatic carbocycles. The molecule has 1 aromatic carbocycles. The van der Waals surface area contributed by atoms with Crippen LogP contribution in [-0.4, -0.2) is 25.5 Å². The predicted molar refractivity (Wildman–Crippen MR) is 66.8 cm³/mol. The second kappa shape index (κ2) is 3.76. The van der Waals surface area contributed by atoms with Crippen LogP contribution in [0.4, 0.5) is 5.69 Å². The lowest BCUT2D eigenvalue weighted by molar-refractivity contribution is -0.118. The van der Waals surface area contributed by atoms with Gasteiger partial charge in [-0.05, 0) is 18.6 Å². The van der Waals surface area contributed by atoms with Gasteiger partial charge in [0, 0.05) is 44.1 Å². The van der Waals surface area contributed by atoms with Crippen molar-refractivity contribution in [3.8, 4) is 5.75 Å². The van der Waals surface area contributed by atoms with Gasteiger partial charge < -0.3 is 9.64 Å². The van der Waals surface area contributed by atoms with Gasteiger partial charge in [-0.3, -0.25) is 4.79 Å². The van der Waals surface area contributed by atoms with Crippen molar-refractivity contribution < 1.29 is 9.53 Å². The molecule has 0 spiro atoms. The van der Waals surface area contributed by atoms with E-state index in [2.05, 4.69) is 18.9 Å². The first-order chi connectivity index (χ1) is 8.15. The molecule has 1 atom stereocenters. The number of anilines is 1. The van der Waals surface area contributed by atoms with Crippen molar-refractivity contribution in [2.24, 2.45) is 0 Å². The minimum atomic E-state index is 0.254. The van der Waals surface area contributed by atoms with Gasteiger partial charge >= 0.3 is 0 Å². The van der Waals surface area contributed by atoms with E-state index in [-0.39, 0.29) is 6.10 Å². The third-order valence-electron chi connectivity index (χ3n) is 3.64. The van der Waals surface area contributed by atoms with E-state index in [0.29, 0.717) is 18.6 Å². The van der Waals surface area contributed by atoms with E-state index in [0.717, 1.165) is 24.3 Å². The normalized spacial score (nSPS) is 22.8. The standard InChI is InChI=1S/C14H17NO2/c1-9-7-12-13(17-9)4-3-10-8-11(16)5-6-15(2)14(10)12/h3-4,9H,5-8H2,1-2H3. The van der Waals surface area contributed by atoms with Gasteiger partial charge in [-0.25, -0.2) is 0 Å². The summed E-state index contributed by atoms with van der Waals surface area (Å²) in [6.45, 7) is 2.91. The largest absolute Gasteiger partial charge is 0.490 e. The number of rotatable bonds is 0. The number of ketones is 1. The highest BCUT2D eigenvalue weighted by Gasteiger charge is 2.27. The van der Waals surface area contributed by atoms with Gasteiger partial charge in [-0.1, -0.05) is 6.07 Å². The molecule has 17 heavy (non-hydrogen) atoms. The molecular weight excluding hydrogens is 214 g/mol. The van der Waals surface area contributed by atoms with Crippen molar-refractivity contribution in [3.63, 3.8) is 0 Å². The Kier molecular flexibility index (Phi) is 2.35. The van der Waals surface area contributed by atoms with Crippen molar-refractivity contribution >= 4 is 11.5 Å². The number of carbonyl (C=O) groups is 1. The Morgan fingerprint density at radius 2 is 2.24 bits per heavy atom. The van der Waals surface area contributed by atoms with Crippen molar-refractivity contribution in [2.75, 3.05) is 18.5 Å². The van der Waals surface area contributed by atoms with Gasteiger partial charge in [-0.2, -0.15) is 0 Å². The molecule has 0 N–H and O–H groups in total. The van der Waals surface area contributed by atoms with Crippen LogP contribution in [0.15, 0.2) is 12.1 Å². The summed E-state index contributed by atoms with van der Waals surface area (Å²) in [5.74, 6) is 1.33. The Morgan fingerprint density at radius 3 is 3.06 bits per heavy atom. The molecule has 90 valence electrons. The average molecular weight is 231 g/mol. The summed E-state index contributed by atoms with van der Waals surface area (Å²) in [6, 6.07) is 4.07. The summed E-state index contributed by atoms with van der Waals surface area (Å²) in [5, 5.41) is 0. The van der Waals surface area contributed by atoms with Gasteiger partial charge in [0.25, 0.3) is 0 Å². The molecule has 0 amide bonds. The van der Waals surface area contributed by atoms with E-state index in [9.17, 15) is 4.79 Å². The highest BCUT2D eigenvalue weighted by molar-refractivity contribution is 5.85. The van der Waals surface area contributed by atoms with E-state index in [1.165, 1.54) is 11.3 Å². The SMILES string of the molecule is CC1Cc2c(ccc3c2N(C)CCC(=O)C3)O1. The maximum atomic E-state index is 11.7. The zero-order valence-corrected chi connectivity index (χ0v) is 10.3. The number of carbonyl (C=O) groups excluding carboxylic acids is 1. The van der Waals surface area contributed by atoms with Crippen LogP contribution in [0.5, 0.6) is 5.75 Å². The van der Waals surface area contributed by atoms with Crippen LogP contribution < -0.4 is 9.64 Å². The molecule has 3 heteroatoms. The monoisotopic (exact) mass is 231 g/mol. The molecule has 1 aromatic rings. The first kappa shape index (κ1) is 10.6. The first-order valence-electron chi connectivity index (χ1n) is 6.19. The van der Waals surface area contributed by atoms with E-state index < -0.39 is 0 Å². The Balaban J connectivity index is 2.13. The number of hydrogen-bond acceptors (Lipinski definition) is 3. The molecule has 0 fully saturated rings. The molecule has 2 heterocycles. The smallest absolute Gasteiger partial charge is 0.139 e. The van der Waals surface area contributed by atoms with Crippen molar-refractivity contribution in [1.29, 1.82) is 0 Å². The van der Waals surface area contributed by atoms with Crippen LogP contribution in [0, 0.1) is 0 Å². The fraction of sp³-hybridized carbons (Fsp3) is 0.500. The lowest BCUT2D eigenvalue weighted by Crippen LogP contribution is -2.20. The lowest BCUT2D eigenvalue weighted by Gasteiger charge is -2.21. The number of nitrogens with zero attached hydrogens (tertiary/aromatic N) is 1. The minimum Gasteiger partial charge on any atom is -0.490 e. The van der Waals surface area contributed by atoms with Gasteiger partial charge in [0.05, 0.1) is 0 Å². The summed E-state index contributed by atoms with van der Waals surface area (Å²) in [5.41, 5.74) is 3.68. The van der Waals surface area contributed by atoms with Crippen molar-refractivity contribution in [1.82, 2.24) is 0 Å². The van der Waals surface area contributed by atoms with Crippen LogP contribution in [-0.2, 0) is 17.6 Å². The second-order valence-electron chi connectivity index (χ2n) is 5.07. The first-order valence-corrected chi connectivity index (χ1v) is 6.19. The zero-order chi connectivity index (χ0) is 12.0. The zero-order valence-electron chi connectivity index (χ0n) is 10.3. The van der Waals surface area contributed by atoms with E-state index >= 15 is 0 Å². The summed E-state index contributed by atoms with van der Waals surface area (Å²) < 4.78 is 5.78. The molecule has 0 saturated carbocycles. The summed E-state index contributed by atoms with van der Waals surface area (Å²) in [4.78, 5) is 13.9.